The minimum atomic E-state index is -0.149. The van der Waals surface area contributed by atoms with Crippen molar-refractivity contribution >= 4 is 0 Å². The second-order valence-corrected chi connectivity index (χ2v) is 7.77. The van der Waals surface area contributed by atoms with Crippen LogP contribution in [0.3, 0.4) is 0 Å². The molecule has 4 unspecified atom stereocenters. The number of aliphatic hydroxyl groups excluding tert-OH is 1. The van der Waals surface area contributed by atoms with Gasteiger partial charge in [-0.3, -0.25) is 0 Å². The molecule has 0 saturated heterocycles. The smallest absolute Gasteiger partial charge is 0.0781 e. The minimum absolute atomic E-state index is 0.0132. The summed E-state index contributed by atoms with van der Waals surface area (Å²) in [7, 11) is 0. The Bertz CT molecular complexity index is 300. The van der Waals surface area contributed by atoms with Crippen molar-refractivity contribution in [3.8, 4) is 0 Å². The fraction of sp³-hybridized carbons (Fsp3) is 1.00. The zero-order chi connectivity index (χ0) is 20.3. The summed E-state index contributed by atoms with van der Waals surface area (Å²) in [6.07, 6.45) is 10.5. The molecule has 0 rings (SSSR count). The molecular formula is C22H46O5. The van der Waals surface area contributed by atoms with Crippen molar-refractivity contribution in [1.29, 1.82) is 0 Å². The lowest BCUT2D eigenvalue weighted by Gasteiger charge is -2.21. The van der Waals surface area contributed by atoms with E-state index in [0.29, 0.717) is 19.8 Å². The summed E-state index contributed by atoms with van der Waals surface area (Å²) in [6.45, 7) is 12.6. The summed E-state index contributed by atoms with van der Waals surface area (Å²) in [5.41, 5.74) is 0. The molecule has 0 spiro atoms. The first-order valence-corrected chi connectivity index (χ1v) is 11.1. The lowest BCUT2D eigenvalue weighted by atomic mass is 10.1. The second kappa shape index (κ2) is 19.1. The van der Waals surface area contributed by atoms with Crippen LogP contribution in [0.5, 0.6) is 0 Å². The van der Waals surface area contributed by atoms with Gasteiger partial charge in [0.1, 0.15) is 0 Å². The SMILES string of the molecule is CCCCCCCCCCOC(C)COC(C)COC(C)COC(C)CO. The van der Waals surface area contributed by atoms with Gasteiger partial charge in [-0.1, -0.05) is 51.9 Å². The van der Waals surface area contributed by atoms with Crippen molar-refractivity contribution in [3.63, 3.8) is 0 Å². The van der Waals surface area contributed by atoms with Crippen LogP contribution in [0.2, 0.25) is 0 Å². The van der Waals surface area contributed by atoms with Crippen LogP contribution in [-0.4, -0.2) is 62.6 Å². The van der Waals surface area contributed by atoms with Gasteiger partial charge in [-0.2, -0.15) is 0 Å². The lowest BCUT2D eigenvalue weighted by Crippen LogP contribution is -2.28. The van der Waals surface area contributed by atoms with Crippen LogP contribution in [0, 0.1) is 0 Å². The molecule has 0 saturated carbocycles. The zero-order valence-corrected chi connectivity index (χ0v) is 18.6. The molecule has 0 aliphatic carbocycles. The van der Waals surface area contributed by atoms with Gasteiger partial charge in [-0.05, 0) is 34.1 Å². The van der Waals surface area contributed by atoms with Crippen molar-refractivity contribution < 1.29 is 24.1 Å². The maximum atomic E-state index is 8.93. The number of hydrogen-bond acceptors (Lipinski definition) is 5. The van der Waals surface area contributed by atoms with E-state index in [1.54, 1.807) is 0 Å². The van der Waals surface area contributed by atoms with Crippen LogP contribution in [0.1, 0.15) is 86.0 Å². The van der Waals surface area contributed by atoms with E-state index < -0.39 is 0 Å². The van der Waals surface area contributed by atoms with Crippen LogP contribution >= 0.6 is 0 Å². The number of unbranched alkanes of at least 4 members (excludes halogenated alkanes) is 7. The molecule has 1 N–H and O–H groups in total. The predicted molar refractivity (Wildman–Crippen MR) is 111 cm³/mol. The summed E-state index contributed by atoms with van der Waals surface area (Å²) < 4.78 is 22.8. The Morgan fingerprint density at radius 3 is 1.44 bits per heavy atom. The van der Waals surface area contributed by atoms with Gasteiger partial charge in [0.25, 0.3) is 0 Å². The van der Waals surface area contributed by atoms with Crippen molar-refractivity contribution in [2.75, 3.05) is 33.0 Å². The Balaban J connectivity index is 3.48. The fourth-order valence-electron chi connectivity index (χ4n) is 2.62. The first-order chi connectivity index (χ1) is 13.0. The van der Waals surface area contributed by atoms with Gasteiger partial charge in [0.15, 0.2) is 0 Å². The van der Waals surface area contributed by atoms with Gasteiger partial charge < -0.3 is 24.1 Å². The summed E-state index contributed by atoms with van der Waals surface area (Å²) in [6, 6.07) is 0. The number of ether oxygens (including phenoxy) is 4. The largest absolute Gasteiger partial charge is 0.394 e. The predicted octanol–water partition coefficient (Wildman–Crippen LogP) is 4.74. The normalized spacial score (nSPS) is 16.2. The molecule has 0 heterocycles. The third-order valence-electron chi connectivity index (χ3n) is 4.50. The standard InChI is InChI=1S/C22H46O5/c1-6-7-8-9-10-11-12-13-14-24-20(3)16-26-22(5)18-27-21(4)17-25-19(2)15-23/h19-23H,6-18H2,1-5H3. The van der Waals surface area contributed by atoms with E-state index in [2.05, 4.69) is 13.8 Å². The summed E-state index contributed by atoms with van der Waals surface area (Å²) >= 11 is 0. The van der Waals surface area contributed by atoms with Crippen LogP contribution < -0.4 is 0 Å². The van der Waals surface area contributed by atoms with Gasteiger partial charge in [-0.15, -0.1) is 0 Å². The average Bonchev–Trinajstić information content (AvgIpc) is 2.67. The van der Waals surface area contributed by atoms with E-state index in [9.17, 15) is 0 Å². The molecule has 0 aliphatic rings. The van der Waals surface area contributed by atoms with E-state index in [0.717, 1.165) is 13.0 Å². The Morgan fingerprint density at radius 2 is 0.963 bits per heavy atom. The van der Waals surface area contributed by atoms with Crippen LogP contribution in [0.25, 0.3) is 0 Å². The lowest BCUT2D eigenvalue weighted by molar-refractivity contribution is -0.0891. The summed E-state index contributed by atoms with van der Waals surface area (Å²) in [4.78, 5) is 0. The number of aliphatic hydroxyl groups is 1. The molecule has 5 nitrogen and oxygen atoms in total. The Labute approximate surface area is 168 Å². The molecule has 0 amide bonds. The first-order valence-electron chi connectivity index (χ1n) is 11.1. The molecule has 0 bridgehead atoms. The molecule has 5 heteroatoms. The summed E-state index contributed by atoms with van der Waals surface area (Å²) in [5, 5.41) is 8.93. The van der Waals surface area contributed by atoms with E-state index in [-0.39, 0.29) is 31.0 Å². The van der Waals surface area contributed by atoms with E-state index in [4.69, 9.17) is 24.1 Å². The molecule has 4 atom stereocenters. The van der Waals surface area contributed by atoms with Gasteiger partial charge in [0, 0.05) is 6.61 Å². The Kier molecular flexibility index (Phi) is 19.0. The monoisotopic (exact) mass is 390 g/mol. The van der Waals surface area contributed by atoms with Crippen LogP contribution in [-0.2, 0) is 18.9 Å². The van der Waals surface area contributed by atoms with E-state index >= 15 is 0 Å². The molecular weight excluding hydrogens is 344 g/mol. The van der Waals surface area contributed by atoms with E-state index in [1.807, 2.05) is 20.8 Å². The Morgan fingerprint density at radius 1 is 0.556 bits per heavy atom. The molecule has 0 aliphatic heterocycles. The molecule has 27 heavy (non-hydrogen) atoms. The fourth-order valence-corrected chi connectivity index (χ4v) is 2.62. The van der Waals surface area contributed by atoms with Crippen molar-refractivity contribution in [2.24, 2.45) is 0 Å². The first kappa shape index (κ1) is 26.8. The molecule has 0 aromatic heterocycles. The van der Waals surface area contributed by atoms with Crippen LogP contribution in [0.15, 0.2) is 0 Å². The Hall–Kier alpha value is -0.200. The molecule has 0 aromatic carbocycles. The van der Waals surface area contributed by atoms with Gasteiger partial charge >= 0.3 is 0 Å². The highest BCUT2D eigenvalue weighted by Crippen LogP contribution is 2.09. The van der Waals surface area contributed by atoms with E-state index in [1.165, 1.54) is 44.9 Å². The van der Waals surface area contributed by atoms with Gasteiger partial charge in [0.05, 0.1) is 50.8 Å². The average molecular weight is 391 g/mol. The minimum Gasteiger partial charge on any atom is -0.394 e. The highest BCUT2D eigenvalue weighted by Gasteiger charge is 2.11. The highest BCUT2D eigenvalue weighted by molar-refractivity contribution is 4.56. The molecule has 0 aromatic rings. The molecule has 0 radical (unpaired) electrons. The third kappa shape index (κ3) is 18.9. The topological polar surface area (TPSA) is 57.2 Å². The maximum absolute atomic E-state index is 8.93. The van der Waals surface area contributed by atoms with Gasteiger partial charge in [-0.25, -0.2) is 0 Å². The zero-order valence-electron chi connectivity index (χ0n) is 18.6. The quantitative estimate of drug-likeness (QED) is 0.304. The number of hydrogen-bond donors (Lipinski definition) is 1. The van der Waals surface area contributed by atoms with Crippen molar-refractivity contribution in [1.82, 2.24) is 0 Å². The molecule has 164 valence electrons. The highest BCUT2D eigenvalue weighted by atomic mass is 16.6. The molecule has 0 fully saturated rings. The van der Waals surface area contributed by atoms with Crippen molar-refractivity contribution in [2.45, 2.75) is 110 Å². The van der Waals surface area contributed by atoms with Gasteiger partial charge in [0.2, 0.25) is 0 Å². The maximum Gasteiger partial charge on any atom is 0.0781 e. The third-order valence-corrected chi connectivity index (χ3v) is 4.50. The second-order valence-electron chi connectivity index (χ2n) is 7.77. The van der Waals surface area contributed by atoms with Crippen LogP contribution in [0.4, 0.5) is 0 Å². The number of rotatable bonds is 20. The summed E-state index contributed by atoms with van der Waals surface area (Å²) in [5.74, 6) is 0. The van der Waals surface area contributed by atoms with Crippen molar-refractivity contribution in [3.05, 3.63) is 0 Å².